The first-order chi connectivity index (χ1) is 9.02. The van der Waals surface area contributed by atoms with Crippen molar-refractivity contribution in [2.24, 2.45) is 5.73 Å². The minimum atomic E-state index is -0.0563. The van der Waals surface area contributed by atoms with Gasteiger partial charge in [0.25, 0.3) is 0 Å². The minimum Gasteiger partial charge on any atom is -0.496 e. The van der Waals surface area contributed by atoms with E-state index in [1.54, 1.807) is 7.11 Å². The molecule has 0 amide bonds. The number of hydrogen-bond donors (Lipinski definition) is 1. The van der Waals surface area contributed by atoms with Gasteiger partial charge in [0.1, 0.15) is 5.75 Å². The van der Waals surface area contributed by atoms with Gasteiger partial charge in [0, 0.05) is 11.1 Å². The highest BCUT2D eigenvalue weighted by atomic mass is 35.5. The van der Waals surface area contributed by atoms with Gasteiger partial charge in [-0.05, 0) is 54.3 Å². The van der Waals surface area contributed by atoms with Gasteiger partial charge in [-0.1, -0.05) is 29.8 Å². The summed E-state index contributed by atoms with van der Waals surface area (Å²) >= 11 is 6.27. The lowest BCUT2D eigenvalue weighted by atomic mass is 10.00. The molecule has 2 aromatic rings. The molecule has 0 aliphatic heterocycles. The summed E-state index contributed by atoms with van der Waals surface area (Å²) in [4.78, 5) is 0. The van der Waals surface area contributed by atoms with Crippen molar-refractivity contribution >= 4 is 11.6 Å². The van der Waals surface area contributed by atoms with Gasteiger partial charge in [-0.2, -0.15) is 0 Å². The maximum atomic E-state index is 6.27. The normalized spacial score (nSPS) is 12.3. The van der Waals surface area contributed by atoms with E-state index in [2.05, 4.69) is 6.07 Å². The number of methoxy groups -OCH3 is 1. The van der Waals surface area contributed by atoms with Crippen LogP contribution in [0.1, 0.15) is 24.1 Å². The second-order valence-electron chi connectivity index (χ2n) is 4.71. The Labute approximate surface area is 119 Å². The van der Waals surface area contributed by atoms with E-state index in [0.717, 1.165) is 28.0 Å². The van der Waals surface area contributed by atoms with E-state index < -0.39 is 0 Å². The number of benzene rings is 2. The first-order valence-corrected chi connectivity index (χ1v) is 6.60. The molecule has 0 aliphatic carbocycles. The SMILES string of the molecule is COc1ccc(-c2ccc(C(C)N)c(Cl)c2)cc1C. The fraction of sp³-hybridized carbons (Fsp3) is 0.250. The molecule has 2 aromatic carbocycles. The molecule has 0 spiro atoms. The lowest BCUT2D eigenvalue weighted by molar-refractivity contribution is 0.412. The third kappa shape index (κ3) is 2.91. The van der Waals surface area contributed by atoms with Gasteiger partial charge >= 0.3 is 0 Å². The fourth-order valence-electron chi connectivity index (χ4n) is 2.13. The average molecular weight is 276 g/mol. The Kier molecular flexibility index (Phi) is 4.13. The Balaban J connectivity index is 2.42. The smallest absolute Gasteiger partial charge is 0.121 e. The molecule has 2 rings (SSSR count). The quantitative estimate of drug-likeness (QED) is 0.904. The van der Waals surface area contributed by atoms with Gasteiger partial charge < -0.3 is 10.5 Å². The minimum absolute atomic E-state index is 0.0563. The van der Waals surface area contributed by atoms with E-state index in [-0.39, 0.29) is 6.04 Å². The average Bonchev–Trinajstić information content (AvgIpc) is 2.38. The highest BCUT2D eigenvalue weighted by Crippen LogP contribution is 2.30. The molecule has 0 saturated heterocycles. The third-order valence-corrected chi connectivity index (χ3v) is 3.55. The summed E-state index contributed by atoms with van der Waals surface area (Å²) in [5.41, 5.74) is 10.1. The first kappa shape index (κ1) is 13.9. The van der Waals surface area contributed by atoms with E-state index >= 15 is 0 Å². The molecule has 0 fully saturated rings. The number of halogens is 1. The van der Waals surface area contributed by atoms with Gasteiger partial charge in [-0.3, -0.25) is 0 Å². The van der Waals surface area contributed by atoms with Gasteiger partial charge in [-0.25, -0.2) is 0 Å². The summed E-state index contributed by atoms with van der Waals surface area (Å²) in [7, 11) is 1.68. The molecule has 0 saturated carbocycles. The van der Waals surface area contributed by atoms with Crippen molar-refractivity contribution in [1.29, 1.82) is 0 Å². The second-order valence-corrected chi connectivity index (χ2v) is 5.12. The van der Waals surface area contributed by atoms with Crippen molar-refractivity contribution in [1.82, 2.24) is 0 Å². The Morgan fingerprint density at radius 1 is 1.11 bits per heavy atom. The topological polar surface area (TPSA) is 35.2 Å². The number of aryl methyl sites for hydroxylation is 1. The van der Waals surface area contributed by atoms with Crippen LogP contribution in [0.4, 0.5) is 0 Å². The number of nitrogens with two attached hydrogens (primary N) is 1. The van der Waals surface area contributed by atoms with Crippen LogP contribution >= 0.6 is 11.6 Å². The summed E-state index contributed by atoms with van der Waals surface area (Å²) in [6.07, 6.45) is 0. The lowest BCUT2D eigenvalue weighted by Gasteiger charge is -2.11. The van der Waals surface area contributed by atoms with Crippen molar-refractivity contribution < 1.29 is 4.74 Å². The number of rotatable bonds is 3. The molecule has 0 aromatic heterocycles. The predicted octanol–water partition coefficient (Wildman–Crippen LogP) is 4.34. The summed E-state index contributed by atoms with van der Waals surface area (Å²) in [5.74, 6) is 0.891. The van der Waals surface area contributed by atoms with Crippen molar-refractivity contribution in [3.63, 3.8) is 0 Å². The summed E-state index contributed by atoms with van der Waals surface area (Å²) in [6, 6.07) is 12.0. The van der Waals surface area contributed by atoms with E-state index in [4.69, 9.17) is 22.1 Å². The molecule has 0 heterocycles. The molecule has 19 heavy (non-hydrogen) atoms. The molecular weight excluding hydrogens is 258 g/mol. The molecule has 0 bridgehead atoms. The van der Waals surface area contributed by atoms with Gasteiger partial charge in [0.05, 0.1) is 7.11 Å². The van der Waals surface area contributed by atoms with E-state index in [9.17, 15) is 0 Å². The zero-order valence-corrected chi connectivity index (χ0v) is 12.2. The van der Waals surface area contributed by atoms with Crippen LogP contribution in [-0.2, 0) is 0 Å². The third-order valence-electron chi connectivity index (χ3n) is 3.22. The molecule has 0 aliphatic rings. The first-order valence-electron chi connectivity index (χ1n) is 6.23. The van der Waals surface area contributed by atoms with E-state index in [1.807, 2.05) is 44.2 Å². The lowest BCUT2D eigenvalue weighted by Crippen LogP contribution is -2.05. The Hall–Kier alpha value is -1.51. The zero-order valence-electron chi connectivity index (χ0n) is 11.4. The molecule has 1 unspecified atom stereocenters. The Morgan fingerprint density at radius 3 is 2.26 bits per heavy atom. The van der Waals surface area contributed by atoms with Crippen molar-refractivity contribution in [2.45, 2.75) is 19.9 Å². The molecule has 100 valence electrons. The van der Waals surface area contributed by atoms with Crippen molar-refractivity contribution in [3.05, 3.63) is 52.5 Å². The van der Waals surface area contributed by atoms with E-state index in [0.29, 0.717) is 5.02 Å². The van der Waals surface area contributed by atoms with Gasteiger partial charge in [0.15, 0.2) is 0 Å². The molecule has 3 heteroatoms. The van der Waals surface area contributed by atoms with E-state index in [1.165, 1.54) is 0 Å². The van der Waals surface area contributed by atoms with Crippen LogP contribution in [-0.4, -0.2) is 7.11 Å². The standard InChI is InChI=1S/C16H18ClNO/c1-10-8-12(5-7-16(10)19-3)13-4-6-14(11(2)18)15(17)9-13/h4-9,11H,18H2,1-3H3. The Bertz CT molecular complexity index is 593. The van der Waals surface area contributed by atoms with Crippen LogP contribution in [0, 0.1) is 6.92 Å². The van der Waals surface area contributed by atoms with Crippen molar-refractivity contribution in [2.75, 3.05) is 7.11 Å². The number of ether oxygens (including phenoxy) is 1. The maximum Gasteiger partial charge on any atom is 0.121 e. The van der Waals surface area contributed by atoms with Crippen LogP contribution in [0.2, 0.25) is 5.02 Å². The molecular formula is C16H18ClNO. The summed E-state index contributed by atoms with van der Waals surface area (Å²) in [5, 5.41) is 0.709. The molecule has 1 atom stereocenters. The van der Waals surface area contributed by atoms with Crippen LogP contribution < -0.4 is 10.5 Å². The largest absolute Gasteiger partial charge is 0.496 e. The highest BCUT2D eigenvalue weighted by molar-refractivity contribution is 6.31. The Morgan fingerprint density at radius 2 is 1.74 bits per heavy atom. The molecule has 0 radical (unpaired) electrons. The summed E-state index contributed by atoms with van der Waals surface area (Å²) < 4.78 is 5.27. The van der Waals surface area contributed by atoms with Crippen LogP contribution in [0.3, 0.4) is 0 Å². The van der Waals surface area contributed by atoms with Crippen LogP contribution in [0.5, 0.6) is 5.75 Å². The highest BCUT2D eigenvalue weighted by Gasteiger charge is 2.08. The maximum absolute atomic E-state index is 6.27. The zero-order chi connectivity index (χ0) is 14.0. The monoisotopic (exact) mass is 275 g/mol. The molecule has 2 N–H and O–H groups in total. The number of hydrogen-bond acceptors (Lipinski definition) is 2. The summed E-state index contributed by atoms with van der Waals surface area (Å²) in [6.45, 7) is 3.96. The van der Waals surface area contributed by atoms with Gasteiger partial charge in [-0.15, -0.1) is 0 Å². The molecule has 2 nitrogen and oxygen atoms in total. The van der Waals surface area contributed by atoms with Crippen molar-refractivity contribution in [3.8, 4) is 16.9 Å². The predicted molar refractivity (Wildman–Crippen MR) is 80.8 cm³/mol. The van der Waals surface area contributed by atoms with Crippen LogP contribution in [0.15, 0.2) is 36.4 Å². The van der Waals surface area contributed by atoms with Gasteiger partial charge in [0.2, 0.25) is 0 Å². The second kappa shape index (κ2) is 5.64. The fourth-order valence-corrected chi connectivity index (χ4v) is 2.49. The van der Waals surface area contributed by atoms with Crippen LogP contribution in [0.25, 0.3) is 11.1 Å².